The first kappa shape index (κ1) is 14.6. The van der Waals surface area contributed by atoms with Crippen molar-refractivity contribution < 1.29 is 0 Å². The van der Waals surface area contributed by atoms with Gasteiger partial charge in [0.05, 0.1) is 0 Å². The molecule has 0 heteroatoms. The van der Waals surface area contributed by atoms with Crippen LogP contribution in [0.3, 0.4) is 0 Å². The second kappa shape index (κ2) is 6.64. The Labute approximate surface area is 130 Å². The van der Waals surface area contributed by atoms with E-state index in [1.807, 2.05) is 0 Å². The van der Waals surface area contributed by atoms with E-state index in [2.05, 4.69) is 49.9 Å². The quantitative estimate of drug-likeness (QED) is 0.566. The van der Waals surface area contributed by atoms with Gasteiger partial charge in [-0.25, -0.2) is 0 Å². The molecular formula is C21H28. The number of benzene rings is 1. The molecule has 2 aliphatic carbocycles. The maximum Gasteiger partial charge on any atom is -0.0162 e. The van der Waals surface area contributed by atoms with Gasteiger partial charge in [-0.2, -0.15) is 0 Å². The monoisotopic (exact) mass is 280 g/mol. The third-order valence-electron chi connectivity index (χ3n) is 5.55. The summed E-state index contributed by atoms with van der Waals surface area (Å²) in [7, 11) is 0. The predicted molar refractivity (Wildman–Crippen MR) is 92.3 cm³/mol. The molecule has 0 N–H and O–H groups in total. The molecule has 0 aromatic heterocycles. The minimum atomic E-state index is 0.692. The molecule has 1 saturated carbocycles. The average molecular weight is 280 g/mol. The lowest BCUT2D eigenvalue weighted by Crippen LogP contribution is -2.10. The van der Waals surface area contributed by atoms with Gasteiger partial charge < -0.3 is 0 Å². The second-order valence-electron chi connectivity index (χ2n) is 7.08. The predicted octanol–water partition coefficient (Wildman–Crippen LogP) is 6.35. The number of rotatable bonds is 3. The van der Waals surface area contributed by atoms with Crippen LogP contribution in [0.15, 0.2) is 43.0 Å². The molecular weight excluding hydrogens is 252 g/mol. The van der Waals surface area contributed by atoms with Crippen LogP contribution in [-0.2, 0) is 0 Å². The molecule has 1 fully saturated rings. The van der Waals surface area contributed by atoms with Gasteiger partial charge in [0.15, 0.2) is 0 Å². The van der Waals surface area contributed by atoms with Gasteiger partial charge in [-0.05, 0) is 66.6 Å². The molecule has 0 spiro atoms. The van der Waals surface area contributed by atoms with E-state index in [0.29, 0.717) is 5.92 Å². The smallest absolute Gasteiger partial charge is 0.0162 e. The first-order valence-electron chi connectivity index (χ1n) is 8.68. The minimum absolute atomic E-state index is 0.692. The largest absolute Gasteiger partial charge is 0.103 e. The summed E-state index contributed by atoms with van der Waals surface area (Å²) in [6.07, 6.45) is 13.7. The van der Waals surface area contributed by atoms with Crippen molar-refractivity contribution in [3.05, 3.63) is 54.1 Å². The van der Waals surface area contributed by atoms with Gasteiger partial charge >= 0.3 is 0 Å². The van der Waals surface area contributed by atoms with Crippen LogP contribution in [0.2, 0.25) is 0 Å². The molecule has 0 bridgehead atoms. The molecule has 0 radical (unpaired) electrons. The Morgan fingerprint density at radius 1 is 1.00 bits per heavy atom. The molecule has 0 heterocycles. The first-order valence-corrected chi connectivity index (χ1v) is 8.68. The van der Waals surface area contributed by atoms with Gasteiger partial charge in [-0.15, -0.1) is 6.58 Å². The lowest BCUT2D eigenvalue weighted by molar-refractivity contribution is 0.348. The molecule has 21 heavy (non-hydrogen) atoms. The molecule has 0 saturated heterocycles. The van der Waals surface area contributed by atoms with Crippen molar-refractivity contribution in [2.45, 2.75) is 57.8 Å². The minimum Gasteiger partial charge on any atom is -0.103 e. The Bertz CT molecular complexity index is 497. The van der Waals surface area contributed by atoms with Crippen LogP contribution in [0.1, 0.15) is 68.9 Å². The van der Waals surface area contributed by atoms with Crippen molar-refractivity contribution >= 4 is 5.57 Å². The first-order chi connectivity index (χ1) is 10.3. The Morgan fingerprint density at radius 3 is 2.29 bits per heavy atom. The van der Waals surface area contributed by atoms with Crippen LogP contribution < -0.4 is 0 Å². The third-order valence-corrected chi connectivity index (χ3v) is 5.55. The normalized spacial score (nSPS) is 29.8. The van der Waals surface area contributed by atoms with E-state index >= 15 is 0 Å². The van der Waals surface area contributed by atoms with Crippen molar-refractivity contribution in [3.8, 4) is 0 Å². The highest BCUT2D eigenvalue weighted by molar-refractivity contribution is 5.66. The highest BCUT2D eigenvalue weighted by Gasteiger charge is 2.20. The molecule has 0 aliphatic heterocycles. The number of hydrogen-bond acceptors (Lipinski definition) is 0. The molecule has 1 atom stereocenters. The summed E-state index contributed by atoms with van der Waals surface area (Å²) in [6, 6.07) is 9.48. The fourth-order valence-corrected chi connectivity index (χ4v) is 3.89. The summed E-state index contributed by atoms with van der Waals surface area (Å²) >= 11 is 0. The van der Waals surface area contributed by atoms with Crippen LogP contribution in [-0.4, -0.2) is 0 Å². The summed E-state index contributed by atoms with van der Waals surface area (Å²) in [6.45, 7) is 6.32. The maximum absolute atomic E-state index is 3.92. The summed E-state index contributed by atoms with van der Waals surface area (Å²) in [5.41, 5.74) is 4.54. The van der Waals surface area contributed by atoms with Crippen LogP contribution in [0.4, 0.5) is 0 Å². The topological polar surface area (TPSA) is 0 Å². The van der Waals surface area contributed by atoms with E-state index in [1.165, 1.54) is 56.1 Å². The SMILES string of the molecule is C=CC1CC=C(c2ccc(C3CCC(C)CC3)cc2)CC1. The lowest BCUT2D eigenvalue weighted by atomic mass is 9.79. The molecule has 2 aliphatic rings. The molecule has 0 amide bonds. The van der Waals surface area contributed by atoms with Gasteiger partial charge in [0.25, 0.3) is 0 Å². The van der Waals surface area contributed by atoms with Crippen LogP contribution in [0, 0.1) is 11.8 Å². The van der Waals surface area contributed by atoms with E-state index in [9.17, 15) is 0 Å². The van der Waals surface area contributed by atoms with Gasteiger partial charge in [-0.3, -0.25) is 0 Å². The average Bonchev–Trinajstić information content (AvgIpc) is 2.56. The van der Waals surface area contributed by atoms with Crippen LogP contribution in [0.25, 0.3) is 5.57 Å². The molecule has 1 unspecified atom stereocenters. The van der Waals surface area contributed by atoms with Crippen molar-refractivity contribution in [3.63, 3.8) is 0 Å². The van der Waals surface area contributed by atoms with Gasteiger partial charge in [-0.1, -0.05) is 56.2 Å². The summed E-state index contributed by atoms with van der Waals surface area (Å²) in [4.78, 5) is 0. The van der Waals surface area contributed by atoms with Crippen LogP contribution >= 0.6 is 0 Å². The zero-order chi connectivity index (χ0) is 14.7. The highest BCUT2D eigenvalue weighted by atomic mass is 14.2. The molecule has 112 valence electrons. The molecule has 0 nitrogen and oxygen atoms in total. The Balaban J connectivity index is 1.67. The summed E-state index contributed by atoms with van der Waals surface area (Å²) < 4.78 is 0. The van der Waals surface area contributed by atoms with E-state index in [1.54, 1.807) is 5.56 Å². The fraction of sp³-hybridized carbons (Fsp3) is 0.524. The highest BCUT2D eigenvalue weighted by Crippen LogP contribution is 2.36. The third kappa shape index (κ3) is 3.48. The number of allylic oxidation sites excluding steroid dienone is 3. The maximum atomic E-state index is 3.92. The zero-order valence-electron chi connectivity index (χ0n) is 13.4. The zero-order valence-corrected chi connectivity index (χ0v) is 13.4. The van der Waals surface area contributed by atoms with Crippen molar-refractivity contribution in [1.29, 1.82) is 0 Å². The van der Waals surface area contributed by atoms with E-state index in [0.717, 1.165) is 11.8 Å². The Hall–Kier alpha value is -1.30. The van der Waals surface area contributed by atoms with E-state index < -0.39 is 0 Å². The standard InChI is InChI=1S/C21H28/c1-3-17-6-10-19(11-7-17)21-14-12-20(13-15-21)18-8-4-16(2)5-9-18/h3,10,12-18H,1,4-9,11H2,2H3. The van der Waals surface area contributed by atoms with Crippen molar-refractivity contribution in [2.75, 3.05) is 0 Å². The molecule has 3 rings (SSSR count). The van der Waals surface area contributed by atoms with Gasteiger partial charge in [0.2, 0.25) is 0 Å². The lowest BCUT2D eigenvalue weighted by Gasteiger charge is -2.26. The van der Waals surface area contributed by atoms with Crippen molar-refractivity contribution in [1.82, 2.24) is 0 Å². The van der Waals surface area contributed by atoms with E-state index in [-0.39, 0.29) is 0 Å². The Kier molecular flexibility index (Phi) is 4.63. The van der Waals surface area contributed by atoms with E-state index in [4.69, 9.17) is 0 Å². The fourth-order valence-electron chi connectivity index (χ4n) is 3.89. The summed E-state index contributed by atoms with van der Waals surface area (Å²) in [5, 5.41) is 0. The van der Waals surface area contributed by atoms with Crippen molar-refractivity contribution in [2.24, 2.45) is 11.8 Å². The molecule has 1 aromatic rings. The summed E-state index contributed by atoms with van der Waals surface area (Å²) in [5.74, 6) is 2.43. The Morgan fingerprint density at radius 2 is 1.71 bits per heavy atom. The number of hydrogen-bond donors (Lipinski definition) is 0. The molecule has 1 aromatic carbocycles. The van der Waals surface area contributed by atoms with Gasteiger partial charge in [0, 0.05) is 0 Å². The van der Waals surface area contributed by atoms with Gasteiger partial charge in [0.1, 0.15) is 0 Å². The second-order valence-corrected chi connectivity index (χ2v) is 7.08. The van der Waals surface area contributed by atoms with Crippen LogP contribution in [0.5, 0.6) is 0 Å².